The number of aliphatic carboxylic acids is 1. The molecule has 5 nitrogen and oxygen atoms in total. The van der Waals surface area contributed by atoms with Crippen LogP contribution in [-0.4, -0.2) is 47.2 Å². The van der Waals surface area contributed by atoms with Gasteiger partial charge in [0.25, 0.3) is 0 Å². The molecule has 4 atom stereocenters. The Kier molecular flexibility index (Phi) is 4.45. The van der Waals surface area contributed by atoms with E-state index in [1.165, 1.54) is 0 Å². The Hall–Kier alpha value is -1.10. The van der Waals surface area contributed by atoms with Crippen molar-refractivity contribution in [3.63, 3.8) is 0 Å². The summed E-state index contributed by atoms with van der Waals surface area (Å²) in [6.07, 6.45) is 2.93. The summed E-state index contributed by atoms with van der Waals surface area (Å²) < 4.78 is 5.55. The predicted octanol–water partition coefficient (Wildman–Crippen LogP) is 1.51. The molecule has 2 fully saturated rings. The van der Waals surface area contributed by atoms with Crippen molar-refractivity contribution in [3.8, 4) is 0 Å². The van der Waals surface area contributed by atoms with Crippen molar-refractivity contribution in [2.75, 3.05) is 13.2 Å². The van der Waals surface area contributed by atoms with E-state index in [0.29, 0.717) is 25.5 Å². The minimum absolute atomic E-state index is 0.0244. The molecular formula is C14H23NO4. The van der Waals surface area contributed by atoms with Gasteiger partial charge in [-0.1, -0.05) is 13.8 Å². The first kappa shape index (κ1) is 14.3. The number of carbonyl (C=O) groups is 2. The van der Waals surface area contributed by atoms with Crippen LogP contribution in [0.15, 0.2) is 0 Å². The smallest absolute Gasteiger partial charge is 0.326 e. The number of nitrogens with zero attached hydrogens (tertiary/aromatic N) is 1. The zero-order valence-corrected chi connectivity index (χ0v) is 11.7. The van der Waals surface area contributed by atoms with Crippen LogP contribution in [0.2, 0.25) is 0 Å². The quantitative estimate of drug-likeness (QED) is 0.843. The van der Waals surface area contributed by atoms with Crippen LogP contribution in [0.5, 0.6) is 0 Å². The molecule has 5 heteroatoms. The Labute approximate surface area is 113 Å². The molecule has 2 aliphatic heterocycles. The maximum atomic E-state index is 12.6. The van der Waals surface area contributed by atoms with Crippen molar-refractivity contribution in [1.82, 2.24) is 4.90 Å². The standard InChI is InChI=1S/C14H23NO4/c1-3-12-10(5-7-19-12)13(16)15-6-4-9(2)8-11(15)14(17)18/h9-12H,3-8H2,1-2H3,(H,17,18). The van der Waals surface area contributed by atoms with E-state index in [0.717, 1.165) is 19.3 Å². The van der Waals surface area contributed by atoms with Crippen molar-refractivity contribution in [2.45, 2.75) is 51.7 Å². The summed E-state index contributed by atoms with van der Waals surface area (Å²) in [7, 11) is 0. The summed E-state index contributed by atoms with van der Waals surface area (Å²) in [5, 5.41) is 9.32. The zero-order chi connectivity index (χ0) is 14.0. The van der Waals surface area contributed by atoms with Gasteiger partial charge in [0.05, 0.1) is 12.0 Å². The first-order valence-electron chi connectivity index (χ1n) is 7.19. The van der Waals surface area contributed by atoms with Crippen molar-refractivity contribution in [2.24, 2.45) is 11.8 Å². The van der Waals surface area contributed by atoms with Crippen LogP contribution in [0.1, 0.15) is 39.5 Å². The van der Waals surface area contributed by atoms with Gasteiger partial charge in [-0.2, -0.15) is 0 Å². The van der Waals surface area contributed by atoms with Crippen molar-refractivity contribution >= 4 is 11.9 Å². The monoisotopic (exact) mass is 269 g/mol. The van der Waals surface area contributed by atoms with Gasteiger partial charge in [0.1, 0.15) is 6.04 Å². The van der Waals surface area contributed by atoms with Crippen LogP contribution >= 0.6 is 0 Å². The average Bonchev–Trinajstić information content (AvgIpc) is 2.86. The van der Waals surface area contributed by atoms with Crippen molar-refractivity contribution in [3.05, 3.63) is 0 Å². The zero-order valence-electron chi connectivity index (χ0n) is 11.7. The van der Waals surface area contributed by atoms with E-state index < -0.39 is 12.0 Å². The number of rotatable bonds is 3. The molecule has 0 aromatic carbocycles. The predicted molar refractivity (Wildman–Crippen MR) is 69.7 cm³/mol. The largest absolute Gasteiger partial charge is 0.480 e. The van der Waals surface area contributed by atoms with Crippen LogP contribution in [0, 0.1) is 11.8 Å². The summed E-state index contributed by atoms with van der Waals surface area (Å²) in [4.78, 5) is 25.5. The molecular weight excluding hydrogens is 246 g/mol. The van der Waals surface area contributed by atoms with Crippen LogP contribution in [-0.2, 0) is 14.3 Å². The highest BCUT2D eigenvalue weighted by Crippen LogP contribution is 2.30. The van der Waals surface area contributed by atoms with E-state index in [4.69, 9.17) is 4.74 Å². The molecule has 0 aromatic rings. The number of piperidine rings is 1. The first-order valence-corrected chi connectivity index (χ1v) is 7.19. The van der Waals surface area contributed by atoms with Crippen LogP contribution in [0.4, 0.5) is 0 Å². The maximum Gasteiger partial charge on any atom is 0.326 e. The Balaban J connectivity index is 2.10. The topological polar surface area (TPSA) is 66.8 Å². The Morgan fingerprint density at radius 3 is 2.74 bits per heavy atom. The normalized spacial score (nSPS) is 35.4. The number of hydrogen-bond donors (Lipinski definition) is 1. The molecule has 0 spiro atoms. The van der Waals surface area contributed by atoms with Crippen molar-refractivity contribution in [1.29, 1.82) is 0 Å². The molecule has 0 bridgehead atoms. The summed E-state index contributed by atoms with van der Waals surface area (Å²) in [6.45, 7) is 5.22. The van der Waals surface area contributed by atoms with E-state index in [1.807, 2.05) is 13.8 Å². The van der Waals surface area contributed by atoms with Gasteiger partial charge in [-0.15, -0.1) is 0 Å². The first-order chi connectivity index (χ1) is 9.04. The van der Waals surface area contributed by atoms with E-state index >= 15 is 0 Å². The van der Waals surface area contributed by atoms with Crippen LogP contribution < -0.4 is 0 Å². The third-order valence-corrected chi connectivity index (χ3v) is 4.36. The second-order valence-corrected chi connectivity index (χ2v) is 5.73. The minimum Gasteiger partial charge on any atom is -0.480 e. The number of hydrogen-bond acceptors (Lipinski definition) is 3. The highest BCUT2D eigenvalue weighted by atomic mass is 16.5. The molecule has 2 rings (SSSR count). The molecule has 2 heterocycles. The number of likely N-dealkylation sites (tertiary alicyclic amines) is 1. The molecule has 2 aliphatic rings. The summed E-state index contributed by atoms with van der Waals surface area (Å²) >= 11 is 0. The van der Waals surface area contributed by atoms with Gasteiger partial charge in [-0.3, -0.25) is 4.79 Å². The molecule has 1 amide bonds. The lowest BCUT2D eigenvalue weighted by atomic mass is 9.89. The van der Waals surface area contributed by atoms with E-state index in [-0.39, 0.29) is 17.9 Å². The number of carboxylic acid groups (broad SMARTS) is 1. The van der Waals surface area contributed by atoms with Crippen LogP contribution in [0.25, 0.3) is 0 Å². The van der Waals surface area contributed by atoms with Gasteiger partial charge < -0.3 is 14.7 Å². The molecule has 2 saturated heterocycles. The lowest BCUT2D eigenvalue weighted by molar-refractivity contribution is -0.155. The number of ether oxygens (including phenoxy) is 1. The molecule has 0 aromatic heterocycles. The molecule has 4 unspecified atom stereocenters. The highest BCUT2D eigenvalue weighted by molar-refractivity contribution is 5.85. The van der Waals surface area contributed by atoms with Gasteiger partial charge in [-0.25, -0.2) is 4.79 Å². The maximum absolute atomic E-state index is 12.6. The Morgan fingerprint density at radius 2 is 2.11 bits per heavy atom. The second-order valence-electron chi connectivity index (χ2n) is 5.73. The Bertz CT molecular complexity index is 357. The summed E-state index contributed by atoms with van der Waals surface area (Å²) in [5.74, 6) is -0.692. The number of carboxylic acids is 1. The highest BCUT2D eigenvalue weighted by Gasteiger charge is 2.41. The van der Waals surface area contributed by atoms with Gasteiger partial charge >= 0.3 is 5.97 Å². The molecule has 108 valence electrons. The fourth-order valence-electron chi connectivity index (χ4n) is 3.19. The molecule has 0 saturated carbocycles. The van der Waals surface area contributed by atoms with Gasteiger partial charge in [0.2, 0.25) is 5.91 Å². The molecule has 19 heavy (non-hydrogen) atoms. The van der Waals surface area contributed by atoms with Crippen molar-refractivity contribution < 1.29 is 19.4 Å². The SMILES string of the molecule is CCC1OCCC1C(=O)N1CCC(C)CC1C(=O)O. The summed E-state index contributed by atoms with van der Waals surface area (Å²) in [5.41, 5.74) is 0. The average molecular weight is 269 g/mol. The third-order valence-electron chi connectivity index (χ3n) is 4.36. The summed E-state index contributed by atoms with van der Waals surface area (Å²) in [6, 6.07) is -0.658. The fourth-order valence-corrected chi connectivity index (χ4v) is 3.19. The van der Waals surface area contributed by atoms with E-state index in [1.54, 1.807) is 4.90 Å². The van der Waals surface area contributed by atoms with E-state index in [2.05, 4.69) is 0 Å². The lowest BCUT2D eigenvalue weighted by Crippen LogP contribution is -2.52. The van der Waals surface area contributed by atoms with Crippen LogP contribution in [0.3, 0.4) is 0 Å². The fraction of sp³-hybridized carbons (Fsp3) is 0.857. The molecule has 0 aliphatic carbocycles. The minimum atomic E-state index is -0.883. The molecule has 1 N–H and O–H groups in total. The van der Waals surface area contributed by atoms with Gasteiger partial charge in [0.15, 0.2) is 0 Å². The number of carbonyl (C=O) groups excluding carboxylic acids is 1. The number of amides is 1. The molecule has 0 radical (unpaired) electrons. The lowest BCUT2D eigenvalue weighted by Gasteiger charge is -2.38. The van der Waals surface area contributed by atoms with Gasteiger partial charge in [-0.05, 0) is 31.6 Å². The second kappa shape index (κ2) is 5.90. The van der Waals surface area contributed by atoms with E-state index in [9.17, 15) is 14.7 Å². The van der Waals surface area contributed by atoms with Gasteiger partial charge in [0, 0.05) is 13.2 Å². The third kappa shape index (κ3) is 2.91. The Morgan fingerprint density at radius 1 is 1.37 bits per heavy atom.